The second-order valence-corrected chi connectivity index (χ2v) is 5.12. The Morgan fingerprint density at radius 1 is 1.44 bits per heavy atom. The summed E-state index contributed by atoms with van der Waals surface area (Å²) in [4.78, 5) is 0. The molecule has 2 nitrogen and oxygen atoms in total. The Labute approximate surface area is 109 Å². The van der Waals surface area contributed by atoms with Gasteiger partial charge in [-0.3, -0.25) is 0 Å². The van der Waals surface area contributed by atoms with E-state index in [4.69, 9.17) is 4.74 Å². The summed E-state index contributed by atoms with van der Waals surface area (Å²) in [5.74, 6) is -0.144. The molecule has 1 saturated carbocycles. The third-order valence-electron chi connectivity index (χ3n) is 4.06. The van der Waals surface area contributed by atoms with Crippen molar-refractivity contribution in [3.63, 3.8) is 0 Å². The van der Waals surface area contributed by atoms with Gasteiger partial charge in [-0.15, -0.1) is 0 Å². The van der Waals surface area contributed by atoms with E-state index in [9.17, 15) is 4.39 Å². The lowest BCUT2D eigenvalue weighted by Gasteiger charge is -2.47. The number of likely N-dealkylation sites (N-methyl/N-ethyl adjacent to an activating group) is 1. The molecule has 0 spiro atoms. The van der Waals surface area contributed by atoms with Crippen LogP contribution in [0, 0.1) is 12.7 Å². The van der Waals surface area contributed by atoms with Crippen LogP contribution >= 0.6 is 0 Å². The molecule has 0 heterocycles. The maximum Gasteiger partial charge on any atom is 0.126 e. The van der Waals surface area contributed by atoms with Crippen molar-refractivity contribution in [1.29, 1.82) is 0 Å². The molecule has 0 amide bonds. The summed E-state index contributed by atoms with van der Waals surface area (Å²) in [6, 6.07) is 5.51. The third kappa shape index (κ3) is 2.29. The number of rotatable bonds is 5. The highest BCUT2D eigenvalue weighted by atomic mass is 19.1. The molecule has 18 heavy (non-hydrogen) atoms. The predicted molar refractivity (Wildman–Crippen MR) is 71.1 cm³/mol. The van der Waals surface area contributed by atoms with Gasteiger partial charge in [0.2, 0.25) is 0 Å². The maximum atomic E-state index is 13.4. The van der Waals surface area contributed by atoms with E-state index in [1.54, 1.807) is 13.2 Å². The summed E-state index contributed by atoms with van der Waals surface area (Å²) < 4.78 is 19.1. The smallest absolute Gasteiger partial charge is 0.126 e. The van der Waals surface area contributed by atoms with Gasteiger partial charge in [-0.25, -0.2) is 4.39 Å². The lowest BCUT2D eigenvalue weighted by Crippen LogP contribution is -2.50. The average Bonchev–Trinajstić information content (AvgIpc) is 2.31. The first-order valence-electron chi connectivity index (χ1n) is 6.67. The van der Waals surface area contributed by atoms with Gasteiger partial charge in [0.1, 0.15) is 5.82 Å². The zero-order chi connectivity index (χ0) is 13.2. The minimum atomic E-state index is -0.144. The summed E-state index contributed by atoms with van der Waals surface area (Å²) in [5.41, 5.74) is 1.71. The molecule has 1 unspecified atom stereocenters. The van der Waals surface area contributed by atoms with Crippen molar-refractivity contribution in [2.24, 2.45) is 0 Å². The molecule has 1 aromatic rings. The topological polar surface area (TPSA) is 21.3 Å². The highest BCUT2D eigenvalue weighted by Crippen LogP contribution is 2.45. The summed E-state index contributed by atoms with van der Waals surface area (Å²) in [7, 11) is 1.78. The zero-order valence-corrected chi connectivity index (χ0v) is 11.4. The standard InChI is InChI=1S/C15H22FNO/c1-4-17-14(15(18-3)8-5-9-15)12-6-7-13(16)11(2)10-12/h6-7,10,14,17H,4-5,8-9H2,1-3H3. The van der Waals surface area contributed by atoms with Crippen LogP contribution in [-0.2, 0) is 4.74 Å². The molecule has 3 heteroatoms. The second kappa shape index (κ2) is 5.37. The van der Waals surface area contributed by atoms with Crippen LogP contribution in [0.5, 0.6) is 0 Å². The quantitative estimate of drug-likeness (QED) is 0.866. The Hall–Kier alpha value is -0.930. The molecule has 0 aliphatic heterocycles. The Bertz CT molecular complexity index is 409. The first-order valence-corrected chi connectivity index (χ1v) is 6.67. The van der Waals surface area contributed by atoms with E-state index in [1.165, 1.54) is 6.42 Å². The summed E-state index contributed by atoms with van der Waals surface area (Å²) in [5, 5.41) is 3.49. The monoisotopic (exact) mass is 251 g/mol. The van der Waals surface area contributed by atoms with Crippen LogP contribution in [0.2, 0.25) is 0 Å². The van der Waals surface area contributed by atoms with Gasteiger partial charge in [0.25, 0.3) is 0 Å². The van der Waals surface area contributed by atoms with Gasteiger partial charge < -0.3 is 10.1 Å². The number of aryl methyl sites for hydroxylation is 1. The minimum Gasteiger partial charge on any atom is -0.376 e. The van der Waals surface area contributed by atoms with E-state index >= 15 is 0 Å². The van der Waals surface area contributed by atoms with Crippen molar-refractivity contribution in [2.75, 3.05) is 13.7 Å². The Balaban J connectivity index is 2.31. The van der Waals surface area contributed by atoms with Gasteiger partial charge in [0.05, 0.1) is 11.6 Å². The van der Waals surface area contributed by atoms with Crippen molar-refractivity contribution < 1.29 is 9.13 Å². The van der Waals surface area contributed by atoms with E-state index in [-0.39, 0.29) is 17.5 Å². The van der Waals surface area contributed by atoms with Crippen LogP contribution in [0.25, 0.3) is 0 Å². The van der Waals surface area contributed by atoms with Crippen LogP contribution < -0.4 is 5.32 Å². The Morgan fingerprint density at radius 3 is 2.61 bits per heavy atom. The van der Waals surface area contributed by atoms with Crippen LogP contribution in [0.1, 0.15) is 43.4 Å². The van der Waals surface area contributed by atoms with Crippen LogP contribution in [0.3, 0.4) is 0 Å². The SMILES string of the molecule is CCNC(c1ccc(F)c(C)c1)C1(OC)CCC1. The molecule has 0 bridgehead atoms. The minimum absolute atomic E-state index is 0.111. The first-order chi connectivity index (χ1) is 8.63. The summed E-state index contributed by atoms with van der Waals surface area (Å²) in [6.45, 7) is 4.78. The molecule has 2 rings (SSSR count). The molecule has 0 saturated heterocycles. The molecular weight excluding hydrogens is 229 g/mol. The fraction of sp³-hybridized carbons (Fsp3) is 0.600. The number of hydrogen-bond donors (Lipinski definition) is 1. The van der Waals surface area contributed by atoms with Gasteiger partial charge in [0, 0.05) is 7.11 Å². The molecule has 0 radical (unpaired) electrons. The fourth-order valence-corrected chi connectivity index (χ4v) is 2.80. The predicted octanol–water partition coefficient (Wildman–Crippen LogP) is 3.35. The molecule has 1 N–H and O–H groups in total. The zero-order valence-electron chi connectivity index (χ0n) is 11.4. The number of benzene rings is 1. The van der Waals surface area contributed by atoms with Gasteiger partial charge in [-0.1, -0.05) is 19.1 Å². The van der Waals surface area contributed by atoms with Gasteiger partial charge in [-0.05, 0) is 49.9 Å². The van der Waals surface area contributed by atoms with E-state index in [0.717, 1.165) is 24.9 Å². The number of halogens is 1. The number of methoxy groups -OCH3 is 1. The highest BCUT2D eigenvalue weighted by Gasteiger charge is 2.44. The number of nitrogens with one attached hydrogen (secondary N) is 1. The van der Waals surface area contributed by atoms with Crippen molar-refractivity contribution in [2.45, 2.75) is 44.8 Å². The summed E-state index contributed by atoms with van der Waals surface area (Å²) >= 11 is 0. The van der Waals surface area contributed by atoms with Crippen molar-refractivity contribution >= 4 is 0 Å². The molecule has 0 aromatic heterocycles. The second-order valence-electron chi connectivity index (χ2n) is 5.12. The van der Waals surface area contributed by atoms with E-state index in [2.05, 4.69) is 12.2 Å². The van der Waals surface area contributed by atoms with E-state index in [1.807, 2.05) is 19.1 Å². The normalized spacial score (nSPS) is 19.3. The lowest BCUT2D eigenvalue weighted by atomic mass is 9.72. The lowest BCUT2D eigenvalue weighted by molar-refractivity contribution is -0.0995. The summed E-state index contributed by atoms with van der Waals surface area (Å²) in [6.07, 6.45) is 3.34. The Kier molecular flexibility index (Phi) is 4.03. The van der Waals surface area contributed by atoms with Gasteiger partial charge in [0.15, 0.2) is 0 Å². The maximum absolute atomic E-state index is 13.4. The van der Waals surface area contributed by atoms with Gasteiger partial charge in [-0.2, -0.15) is 0 Å². The van der Waals surface area contributed by atoms with Crippen LogP contribution in [0.15, 0.2) is 18.2 Å². The molecule has 1 aliphatic rings. The van der Waals surface area contributed by atoms with Crippen molar-refractivity contribution in [1.82, 2.24) is 5.32 Å². The van der Waals surface area contributed by atoms with Crippen LogP contribution in [0.4, 0.5) is 4.39 Å². The molecule has 1 aromatic carbocycles. The molecule has 1 aliphatic carbocycles. The van der Waals surface area contributed by atoms with Crippen molar-refractivity contribution in [3.05, 3.63) is 35.1 Å². The molecule has 100 valence electrons. The van der Waals surface area contributed by atoms with E-state index < -0.39 is 0 Å². The van der Waals surface area contributed by atoms with Crippen LogP contribution in [-0.4, -0.2) is 19.3 Å². The molecule has 1 fully saturated rings. The number of ether oxygens (including phenoxy) is 1. The fourth-order valence-electron chi connectivity index (χ4n) is 2.80. The van der Waals surface area contributed by atoms with E-state index in [0.29, 0.717) is 5.56 Å². The Morgan fingerprint density at radius 2 is 2.17 bits per heavy atom. The molecule has 1 atom stereocenters. The average molecular weight is 251 g/mol. The molecular formula is C15H22FNO. The third-order valence-corrected chi connectivity index (χ3v) is 4.06. The highest BCUT2D eigenvalue weighted by molar-refractivity contribution is 5.29. The van der Waals surface area contributed by atoms with Crippen molar-refractivity contribution in [3.8, 4) is 0 Å². The largest absolute Gasteiger partial charge is 0.376 e. The number of hydrogen-bond acceptors (Lipinski definition) is 2. The first kappa shape index (κ1) is 13.5. The van der Waals surface area contributed by atoms with Gasteiger partial charge >= 0.3 is 0 Å².